The smallest absolute Gasteiger partial charge is 0.263 e. The molecule has 0 aliphatic heterocycles. The summed E-state index contributed by atoms with van der Waals surface area (Å²) in [5.41, 5.74) is 0.539. The van der Waals surface area contributed by atoms with E-state index in [4.69, 9.17) is 0 Å². The minimum atomic E-state index is -0.132. The second-order valence-electron chi connectivity index (χ2n) is 4.10. The van der Waals surface area contributed by atoms with Crippen LogP contribution in [0, 0.1) is 0 Å². The van der Waals surface area contributed by atoms with E-state index in [9.17, 15) is 4.79 Å². The number of nitrogens with zero attached hydrogens (tertiary/aromatic N) is 4. The predicted octanol–water partition coefficient (Wildman–Crippen LogP) is 2.64. The highest BCUT2D eigenvalue weighted by atomic mass is 79.9. The summed E-state index contributed by atoms with van der Waals surface area (Å²) in [4.78, 5) is 24.3. The molecule has 0 fully saturated rings. The molecule has 0 aromatic carbocycles. The Morgan fingerprint density at radius 3 is 2.63 bits per heavy atom. The number of hydrogen-bond donors (Lipinski definition) is 0. The van der Waals surface area contributed by atoms with E-state index in [2.05, 4.69) is 25.9 Å². The predicted molar refractivity (Wildman–Crippen MR) is 81.1 cm³/mol. The largest absolute Gasteiger partial charge is 0.362 e. The molecule has 2 aromatic heterocycles. The number of pyridine rings is 1. The van der Waals surface area contributed by atoms with Gasteiger partial charge in [-0.1, -0.05) is 0 Å². The van der Waals surface area contributed by atoms with E-state index >= 15 is 0 Å². The van der Waals surface area contributed by atoms with Crippen LogP contribution in [0.2, 0.25) is 0 Å². The summed E-state index contributed by atoms with van der Waals surface area (Å²) in [7, 11) is 5.42. The third-order valence-electron chi connectivity index (χ3n) is 2.50. The van der Waals surface area contributed by atoms with Gasteiger partial charge in [-0.15, -0.1) is 11.3 Å². The standard InChI is InChI=1S/C12H13BrN4OS/c1-16(2)10-9(6-8(13)7-15-10)11(18)17(3)12-14-4-5-19-12/h4-7H,1-3H3. The van der Waals surface area contributed by atoms with E-state index in [1.54, 1.807) is 25.5 Å². The van der Waals surface area contributed by atoms with Crippen LogP contribution in [0.25, 0.3) is 0 Å². The summed E-state index contributed by atoms with van der Waals surface area (Å²) in [6.45, 7) is 0. The fraction of sp³-hybridized carbons (Fsp3) is 0.250. The topological polar surface area (TPSA) is 49.3 Å². The maximum atomic E-state index is 12.5. The molecule has 0 radical (unpaired) electrons. The van der Waals surface area contributed by atoms with Crippen LogP contribution in [-0.2, 0) is 0 Å². The van der Waals surface area contributed by atoms with Crippen LogP contribution in [0.1, 0.15) is 10.4 Å². The lowest BCUT2D eigenvalue weighted by Gasteiger charge is -2.19. The third kappa shape index (κ3) is 2.93. The average Bonchev–Trinajstić information content (AvgIpc) is 2.90. The van der Waals surface area contributed by atoms with Crippen molar-refractivity contribution in [1.82, 2.24) is 9.97 Å². The van der Waals surface area contributed by atoms with Gasteiger partial charge in [0.1, 0.15) is 5.82 Å². The van der Waals surface area contributed by atoms with Crippen molar-refractivity contribution in [2.45, 2.75) is 0 Å². The molecule has 19 heavy (non-hydrogen) atoms. The third-order valence-corrected chi connectivity index (χ3v) is 3.78. The summed E-state index contributed by atoms with van der Waals surface area (Å²) in [6, 6.07) is 1.77. The van der Waals surface area contributed by atoms with Gasteiger partial charge in [-0.25, -0.2) is 9.97 Å². The molecule has 0 saturated heterocycles. The highest BCUT2D eigenvalue weighted by Gasteiger charge is 2.21. The fourth-order valence-electron chi connectivity index (χ4n) is 1.59. The van der Waals surface area contributed by atoms with Gasteiger partial charge in [-0.3, -0.25) is 9.69 Å². The molecule has 1 amide bonds. The van der Waals surface area contributed by atoms with Crippen molar-refractivity contribution in [1.29, 1.82) is 0 Å². The average molecular weight is 341 g/mol. The zero-order valence-electron chi connectivity index (χ0n) is 10.8. The summed E-state index contributed by atoms with van der Waals surface area (Å²) >= 11 is 4.77. The second-order valence-corrected chi connectivity index (χ2v) is 5.89. The molecule has 2 aromatic rings. The van der Waals surface area contributed by atoms with Crippen LogP contribution >= 0.6 is 27.3 Å². The van der Waals surface area contributed by atoms with Gasteiger partial charge in [-0.05, 0) is 22.0 Å². The Bertz CT molecular complexity index is 585. The minimum Gasteiger partial charge on any atom is -0.362 e. The second kappa shape index (κ2) is 5.66. The number of hydrogen-bond acceptors (Lipinski definition) is 5. The Balaban J connectivity index is 2.40. The van der Waals surface area contributed by atoms with Crippen molar-refractivity contribution in [2.24, 2.45) is 0 Å². The van der Waals surface area contributed by atoms with Gasteiger partial charge in [0, 0.05) is 43.4 Å². The van der Waals surface area contributed by atoms with Gasteiger partial charge in [-0.2, -0.15) is 0 Å². The zero-order chi connectivity index (χ0) is 14.0. The van der Waals surface area contributed by atoms with E-state index in [1.807, 2.05) is 24.4 Å². The monoisotopic (exact) mass is 340 g/mol. The number of carbonyl (C=O) groups excluding carboxylic acids is 1. The van der Waals surface area contributed by atoms with Crippen molar-refractivity contribution in [2.75, 3.05) is 30.9 Å². The highest BCUT2D eigenvalue weighted by molar-refractivity contribution is 9.10. The van der Waals surface area contributed by atoms with E-state index in [-0.39, 0.29) is 5.91 Å². The number of thiazole rings is 1. The molecule has 5 nitrogen and oxygen atoms in total. The van der Waals surface area contributed by atoms with Crippen molar-refractivity contribution in [3.05, 3.63) is 33.9 Å². The van der Waals surface area contributed by atoms with E-state index in [1.165, 1.54) is 16.2 Å². The molecular formula is C12H13BrN4OS. The molecule has 0 spiro atoms. The molecule has 0 bridgehead atoms. The summed E-state index contributed by atoms with van der Waals surface area (Å²) in [5, 5.41) is 2.50. The molecule has 0 atom stereocenters. The lowest BCUT2D eigenvalue weighted by molar-refractivity contribution is 0.0993. The Kier molecular flexibility index (Phi) is 4.16. The van der Waals surface area contributed by atoms with Crippen LogP contribution in [0.3, 0.4) is 0 Å². The van der Waals surface area contributed by atoms with Crippen molar-refractivity contribution in [3.63, 3.8) is 0 Å². The summed E-state index contributed by atoms with van der Waals surface area (Å²) < 4.78 is 0.772. The molecule has 0 aliphatic rings. The molecule has 7 heteroatoms. The first kappa shape index (κ1) is 14.0. The quantitative estimate of drug-likeness (QED) is 0.861. The number of rotatable bonds is 3. The molecule has 0 unspecified atom stereocenters. The van der Waals surface area contributed by atoms with E-state index < -0.39 is 0 Å². The van der Waals surface area contributed by atoms with Crippen LogP contribution in [0.4, 0.5) is 10.9 Å². The van der Waals surface area contributed by atoms with E-state index in [0.717, 1.165) is 4.47 Å². The van der Waals surface area contributed by atoms with Crippen LogP contribution in [0.15, 0.2) is 28.3 Å². The fourth-order valence-corrected chi connectivity index (χ4v) is 2.53. The summed E-state index contributed by atoms with van der Waals surface area (Å²) in [6.07, 6.45) is 3.35. The van der Waals surface area contributed by atoms with Gasteiger partial charge < -0.3 is 4.90 Å². The molecule has 0 aliphatic carbocycles. The number of amides is 1. The first-order valence-electron chi connectivity index (χ1n) is 5.51. The first-order chi connectivity index (χ1) is 9.00. The molecule has 2 rings (SSSR count). The van der Waals surface area contributed by atoms with Crippen LogP contribution < -0.4 is 9.80 Å². The molecule has 0 N–H and O–H groups in total. The Hall–Kier alpha value is -1.47. The molecule has 100 valence electrons. The van der Waals surface area contributed by atoms with E-state index in [0.29, 0.717) is 16.5 Å². The maximum absolute atomic E-state index is 12.5. The van der Waals surface area contributed by atoms with Crippen molar-refractivity contribution in [3.8, 4) is 0 Å². The minimum absolute atomic E-state index is 0.132. The maximum Gasteiger partial charge on any atom is 0.263 e. The molecule has 0 saturated carbocycles. The first-order valence-corrected chi connectivity index (χ1v) is 7.18. The molecule has 2 heterocycles. The Morgan fingerprint density at radius 1 is 1.32 bits per heavy atom. The van der Waals surface area contributed by atoms with Crippen molar-refractivity contribution < 1.29 is 4.79 Å². The number of halogens is 1. The van der Waals surface area contributed by atoms with Gasteiger partial charge in [0.15, 0.2) is 5.13 Å². The van der Waals surface area contributed by atoms with Crippen LogP contribution in [0.5, 0.6) is 0 Å². The van der Waals surface area contributed by atoms with Crippen molar-refractivity contribution >= 4 is 44.1 Å². The Morgan fingerprint density at radius 2 is 2.05 bits per heavy atom. The lowest BCUT2D eigenvalue weighted by Crippen LogP contribution is -2.28. The van der Waals surface area contributed by atoms with Gasteiger partial charge in [0.2, 0.25) is 0 Å². The Labute approximate surface area is 124 Å². The number of carbonyl (C=O) groups is 1. The van der Waals surface area contributed by atoms with Gasteiger partial charge in [0.05, 0.1) is 5.56 Å². The van der Waals surface area contributed by atoms with Gasteiger partial charge in [0.25, 0.3) is 5.91 Å². The SMILES string of the molecule is CN(C)c1ncc(Br)cc1C(=O)N(C)c1nccs1. The van der Waals surface area contributed by atoms with Gasteiger partial charge >= 0.3 is 0 Å². The normalized spacial score (nSPS) is 10.3. The van der Waals surface area contributed by atoms with Crippen LogP contribution in [-0.4, -0.2) is 37.0 Å². The zero-order valence-corrected chi connectivity index (χ0v) is 13.2. The highest BCUT2D eigenvalue weighted by Crippen LogP contribution is 2.24. The number of anilines is 2. The summed E-state index contributed by atoms with van der Waals surface area (Å²) in [5.74, 6) is 0.504. The number of aromatic nitrogens is 2. The lowest BCUT2D eigenvalue weighted by atomic mass is 10.2. The molecular weight excluding hydrogens is 328 g/mol.